The number of hydrogen-bond acceptors (Lipinski definition) is 4. The first kappa shape index (κ1) is 20.3. The molecule has 7 nitrogen and oxygen atoms in total. The monoisotopic (exact) mass is 424 g/mol. The fourth-order valence-electron chi connectivity index (χ4n) is 3.56. The van der Waals surface area contributed by atoms with Gasteiger partial charge in [-0.25, -0.2) is 13.1 Å². The first-order valence-corrected chi connectivity index (χ1v) is 11.6. The third-order valence-corrected chi connectivity index (χ3v) is 6.59. The van der Waals surface area contributed by atoms with Gasteiger partial charge in [-0.2, -0.15) is 9.40 Å². The van der Waals surface area contributed by atoms with Crippen LogP contribution in [0, 0.1) is 6.92 Å². The van der Waals surface area contributed by atoms with E-state index in [1.165, 1.54) is 10.6 Å². The number of carbonyl (C=O) groups excluding carboxylic acids is 1. The smallest absolute Gasteiger partial charge is 0.257 e. The Labute approximate surface area is 176 Å². The number of amides is 1. The predicted octanol–water partition coefficient (Wildman–Crippen LogP) is 2.57. The van der Waals surface area contributed by atoms with Crippen molar-refractivity contribution in [3.63, 3.8) is 0 Å². The van der Waals surface area contributed by atoms with E-state index in [1.807, 2.05) is 61.5 Å². The van der Waals surface area contributed by atoms with Crippen LogP contribution in [0.4, 0.5) is 0 Å². The average molecular weight is 425 g/mol. The summed E-state index contributed by atoms with van der Waals surface area (Å²) in [5, 5.41) is 4.71. The molecule has 0 atom stereocenters. The van der Waals surface area contributed by atoms with Crippen molar-refractivity contribution in [2.24, 2.45) is 0 Å². The highest BCUT2D eigenvalue weighted by atomic mass is 32.2. The maximum Gasteiger partial charge on any atom is 0.257 e. The third kappa shape index (κ3) is 4.15. The van der Waals surface area contributed by atoms with Gasteiger partial charge in [0.05, 0.1) is 17.5 Å². The molecule has 30 heavy (non-hydrogen) atoms. The second-order valence-electron chi connectivity index (χ2n) is 7.49. The van der Waals surface area contributed by atoms with E-state index in [0.29, 0.717) is 37.4 Å². The van der Waals surface area contributed by atoms with Crippen LogP contribution in [0.3, 0.4) is 0 Å². The number of sulfonamides is 1. The van der Waals surface area contributed by atoms with E-state index in [4.69, 9.17) is 5.10 Å². The normalized spacial score (nSPS) is 15.3. The minimum absolute atomic E-state index is 0.139. The molecule has 0 aliphatic carbocycles. The highest BCUT2D eigenvalue weighted by Gasteiger charge is 2.29. The van der Waals surface area contributed by atoms with E-state index >= 15 is 0 Å². The summed E-state index contributed by atoms with van der Waals surface area (Å²) in [6, 6.07) is 17.6. The van der Waals surface area contributed by atoms with E-state index in [9.17, 15) is 13.2 Å². The van der Waals surface area contributed by atoms with Crippen molar-refractivity contribution in [2.75, 3.05) is 32.4 Å². The maximum atomic E-state index is 13.4. The van der Waals surface area contributed by atoms with Crippen molar-refractivity contribution in [3.8, 4) is 16.9 Å². The van der Waals surface area contributed by atoms with E-state index < -0.39 is 10.0 Å². The Balaban J connectivity index is 1.68. The first-order chi connectivity index (χ1) is 14.3. The zero-order chi connectivity index (χ0) is 21.3. The highest BCUT2D eigenvalue weighted by molar-refractivity contribution is 7.88. The van der Waals surface area contributed by atoms with Gasteiger partial charge in [-0.1, -0.05) is 48.0 Å². The number of benzene rings is 2. The maximum absolute atomic E-state index is 13.4. The number of hydrogen-bond donors (Lipinski definition) is 0. The summed E-state index contributed by atoms with van der Waals surface area (Å²) in [6.45, 7) is 3.34. The fourth-order valence-corrected chi connectivity index (χ4v) is 4.39. The van der Waals surface area contributed by atoms with E-state index in [-0.39, 0.29) is 5.91 Å². The van der Waals surface area contributed by atoms with Gasteiger partial charge in [0.2, 0.25) is 10.0 Å². The van der Waals surface area contributed by atoms with Gasteiger partial charge in [0.25, 0.3) is 5.91 Å². The Morgan fingerprint density at radius 1 is 0.933 bits per heavy atom. The molecule has 0 unspecified atom stereocenters. The average Bonchev–Trinajstić information content (AvgIpc) is 3.19. The molecule has 2 heterocycles. The molecule has 0 saturated carbocycles. The molecule has 156 valence electrons. The Kier molecular flexibility index (Phi) is 5.44. The molecular formula is C22H24N4O3S. The Morgan fingerprint density at radius 2 is 1.57 bits per heavy atom. The lowest BCUT2D eigenvalue weighted by Crippen LogP contribution is -2.50. The van der Waals surface area contributed by atoms with Gasteiger partial charge >= 0.3 is 0 Å². The fraction of sp³-hybridized carbons (Fsp3) is 0.273. The minimum atomic E-state index is -3.25. The number of piperazine rings is 1. The van der Waals surface area contributed by atoms with Crippen LogP contribution in [0.2, 0.25) is 0 Å². The van der Waals surface area contributed by atoms with E-state index in [0.717, 1.165) is 16.8 Å². The van der Waals surface area contributed by atoms with Crippen molar-refractivity contribution < 1.29 is 13.2 Å². The Morgan fingerprint density at radius 3 is 2.17 bits per heavy atom. The molecule has 1 aromatic heterocycles. The van der Waals surface area contributed by atoms with Gasteiger partial charge in [-0.15, -0.1) is 0 Å². The van der Waals surface area contributed by atoms with Crippen molar-refractivity contribution >= 4 is 15.9 Å². The van der Waals surface area contributed by atoms with Crippen LogP contribution < -0.4 is 0 Å². The minimum Gasteiger partial charge on any atom is -0.336 e. The van der Waals surface area contributed by atoms with Crippen molar-refractivity contribution in [3.05, 3.63) is 71.9 Å². The summed E-state index contributed by atoms with van der Waals surface area (Å²) in [4.78, 5) is 15.1. The largest absolute Gasteiger partial charge is 0.336 e. The Hall–Kier alpha value is -2.97. The quantitative estimate of drug-likeness (QED) is 0.645. The van der Waals surface area contributed by atoms with Gasteiger partial charge in [0, 0.05) is 37.9 Å². The van der Waals surface area contributed by atoms with Gasteiger partial charge < -0.3 is 4.90 Å². The lowest BCUT2D eigenvalue weighted by Gasteiger charge is -2.33. The lowest BCUT2D eigenvalue weighted by molar-refractivity contribution is 0.0699. The molecule has 8 heteroatoms. The van der Waals surface area contributed by atoms with E-state index in [1.54, 1.807) is 15.8 Å². The summed E-state index contributed by atoms with van der Waals surface area (Å²) < 4.78 is 26.7. The standard InChI is InChI=1S/C22H24N4O3S/c1-17-8-10-19(11-9-17)26-16-20(21(23-26)18-6-4-3-5-7-18)22(27)24-12-14-25(15-13-24)30(2,28)29/h3-11,16H,12-15H2,1-2H3. The molecule has 4 rings (SSSR count). The SMILES string of the molecule is Cc1ccc(-n2cc(C(=O)N3CCN(S(C)(=O)=O)CC3)c(-c3ccccc3)n2)cc1. The van der Waals surface area contributed by atoms with Crippen molar-refractivity contribution in [1.82, 2.24) is 19.0 Å². The molecule has 1 aliphatic rings. The van der Waals surface area contributed by atoms with Gasteiger partial charge in [0.1, 0.15) is 5.69 Å². The molecule has 1 fully saturated rings. The predicted molar refractivity (Wildman–Crippen MR) is 116 cm³/mol. The molecule has 2 aromatic carbocycles. The molecule has 1 aliphatic heterocycles. The molecule has 0 N–H and O–H groups in total. The van der Waals surface area contributed by atoms with Crippen LogP contribution in [-0.2, 0) is 10.0 Å². The number of rotatable bonds is 4. The molecule has 0 bridgehead atoms. The molecule has 3 aromatic rings. The van der Waals surface area contributed by atoms with Crippen LogP contribution in [-0.4, -0.2) is 65.7 Å². The highest BCUT2D eigenvalue weighted by Crippen LogP contribution is 2.25. The second-order valence-corrected chi connectivity index (χ2v) is 9.47. The third-order valence-electron chi connectivity index (χ3n) is 5.29. The van der Waals surface area contributed by atoms with Crippen LogP contribution >= 0.6 is 0 Å². The molecule has 1 amide bonds. The van der Waals surface area contributed by atoms with Crippen molar-refractivity contribution in [1.29, 1.82) is 0 Å². The van der Waals surface area contributed by atoms with Crippen molar-refractivity contribution in [2.45, 2.75) is 6.92 Å². The van der Waals surface area contributed by atoms with Gasteiger partial charge in [0.15, 0.2) is 0 Å². The number of aryl methyl sites for hydroxylation is 1. The molecule has 0 spiro atoms. The molecular weight excluding hydrogens is 400 g/mol. The molecule has 0 radical (unpaired) electrons. The topological polar surface area (TPSA) is 75.5 Å². The Bertz CT molecular complexity index is 1150. The van der Waals surface area contributed by atoms with Crippen LogP contribution in [0.5, 0.6) is 0 Å². The number of carbonyl (C=O) groups is 1. The summed E-state index contributed by atoms with van der Waals surface area (Å²) in [5.74, 6) is -0.139. The first-order valence-electron chi connectivity index (χ1n) is 9.79. The van der Waals surface area contributed by atoms with Gasteiger partial charge in [-0.05, 0) is 19.1 Å². The number of nitrogens with zero attached hydrogens (tertiary/aromatic N) is 4. The van der Waals surface area contributed by atoms with Crippen LogP contribution in [0.25, 0.3) is 16.9 Å². The zero-order valence-corrected chi connectivity index (χ0v) is 17.8. The summed E-state index contributed by atoms with van der Waals surface area (Å²) in [6.07, 6.45) is 2.96. The second kappa shape index (κ2) is 8.04. The summed E-state index contributed by atoms with van der Waals surface area (Å²) in [5.41, 5.74) is 4.01. The van der Waals surface area contributed by atoms with Gasteiger partial charge in [-0.3, -0.25) is 4.79 Å². The van der Waals surface area contributed by atoms with Crippen LogP contribution in [0.1, 0.15) is 15.9 Å². The van der Waals surface area contributed by atoms with Crippen LogP contribution in [0.15, 0.2) is 60.8 Å². The zero-order valence-electron chi connectivity index (χ0n) is 17.0. The lowest BCUT2D eigenvalue weighted by atomic mass is 10.1. The molecule has 1 saturated heterocycles. The summed E-state index contributed by atoms with van der Waals surface area (Å²) in [7, 11) is -3.25. The van der Waals surface area contributed by atoms with E-state index in [2.05, 4.69) is 0 Å². The number of aromatic nitrogens is 2. The summed E-state index contributed by atoms with van der Waals surface area (Å²) >= 11 is 0.